The summed E-state index contributed by atoms with van der Waals surface area (Å²) in [7, 11) is -3.53. The molecule has 2 heterocycles. The predicted molar refractivity (Wildman–Crippen MR) is 98.2 cm³/mol. The largest absolute Gasteiger partial charge is 0.379 e. The molecular weight excluding hydrogens is 358 g/mol. The second-order valence-electron chi connectivity index (χ2n) is 6.19. The van der Waals surface area contributed by atoms with Gasteiger partial charge in [-0.3, -0.25) is 4.90 Å². The Hall–Kier alpha value is -1.32. The minimum atomic E-state index is -3.53. The van der Waals surface area contributed by atoms with Crippen LogP contribution >= 0.6 is 11.3 Å². The highest BCUT2D eigenvalue weighted by Gasteiger charge is 2.16. The number of aryl methyl sites for hydroxylation is 2. The Bertz CT molecular complexity index is 827. The summed E-state index contributed by atoms with van der Waals surface area (Å²) in [6, 6.07) is 5.16. The molecule has 1 aromatic heterocycles. The Kier molecular flexibility index (Phi) is 5.85. The van der Waals surface area contributed by atoms with Crippen LogP contribution in [0.5, 0.6) is 0 Å². The molecule has 0 amide bonds. The lowest BCUT2D eigenvalue weighted by Gasteiger charge is -2.25. The van der Waals surface area contributed by atoms with Gasteiger partial charge in [-0.2, -0.15) is 0 Å². The average molecular weight is 382 g/mol. The molecule has 136 valence electrons. The molecule has 1 saturated heterocycles. The summed E-state index contributed by atoms with van der Waals surface area (Å²) in [6.07, 6.45) is 0. The molecule has 0 radical (unpaired) electrons. The number of hydrogen-bond acceptors (Lipinski definition) is 6. The van der Waals surface area contributed by atoms with Crippen LogP contribution in [-0.4, -0.2) is 44.6 Å². The summed E-state index contributed by atoms with van der Waals surface area (Å²) in [4.78, 5) is 7.13. The summed E-state index contributed by atoms with van der Waals surface area (Å²) < 4.78 is 32.9. The molecule has 0 spiro atoms. The Labute approximate surface area is 152 Å². The van der Waals surface area contributed by atoms with Crippen molar-refractivity contribution in [2.24, 2.45) is 0 Å². The number of morpholine rings is 1. The van der Waals surface area contributed by atoms with Crippen molar-refractivity contribution in [1.29, 1.82) is 0 Å². The van der Waals surface area contributed by atoms with Crippen molar-refractivity contribution in [3.8, 4) is 0 Å². The molecule has 0 bridgehead atoms. The van der Waals surface area contributed by atoms with Crippen LogP contribution in [0.25, 0.3) is 0 Å². The van der Waals surface area contributed by atoms with Gasteiger partial charge in [0, 0.05) is 25.0 Å². The molecule has 1 aromatic carbocycles. The van der Waals surface area contributed by atoms with Gasteiger partial charge in [-0.25, -0.2) is 18.1 Å². The Morgan fingerprint density at radius 3 is 2.72 bits per heavy atom. The number of aromatic nitrogens is 1. The molecule has 2 aromatic rings. The molecule has 0 atom stereocenters. The highest BCUT2D eigenvalue weighted by molar-refractivity contribution is 7.89. The van der Waals surface area contributed by atoms with Gasteiger partial charge in [-0.1, -0.05) is 6.07 Å². The molecule has 1 aliphatic heterocycles. The van der Waals surface area contributed by atoms with Gasteiger partial charge < -0.3 is 4.74 Å². The number of nitrogens with zero attached hydrogens (tertiary/aromatic N) is 2. The maximum Gasteiger partial charge on any atom is 0.240 e. The highest BCUT2D eigenvalue weighted by atomic mass is 32.2. The summed E-state index contributed by atoms with van der Waals surface area (Å²) in [5, 5.41) is 2.77. The highest BCUT2D eigenvalue weighted by Crippen LogP contribution is 2.17. The molecule has 3 rings (SSSR count). The van der Waals surface area contributed by atoms with Gasteiger partial charge in [0.25, 0.3) is 0 Å². The van der Waals surface area contributed by atoms with E-state index in [1.165, 1.54) is 11.3 Å². The standard InChI is InChI=1S/C17H23N3O3S2/c1-13-3-4-16(9-14(13)2)25(21,22)18-10-17-19-15(12-24-17)11-20-5-7-23-8-6-20/h3-4,9,12,18H,5-8,10-11H2,1-2H3. The third-order valence-electron chi connectivity index (χ3n) is 4.29. The molecule has 0 saturated carbocycles. The number of sulfonamides is 1. The summed E-state index contributed by atoms with van der Waals surface area (Å²) in [6.45, 7) is 8.20. The van der Waals surface area contributed by atoms with Crippen LogP contribution in [-0.2, 0) is 27.8 Å². The number of rotatable bonds is 6. The third kappa shape index (κ3) is 4.86. The van der Waals surface area contributed by atoms with E-state index in [0.717, 1.165) is 54.7 Å². The molecule has 1 fully saturated rings. The fraction of sp³-hybridized carbons (Fsp3) is 0.471. The van der Waals surface area contributed by atoms with Gasteiger partial charge in [-0.15, -0.1) is 11.3 Å². The second-order valence-corrected chi connectivity index (χ2v) is 8.90. The van der Waals surface area contributed by atoms with Crippen LogP contribution in [0.15, 0.2) is 28.5 Å². The molecule has 1 aliphatic rings. The van der Waals surface area contributed by atoms with E-state index in [0.29, 0.717) is 4.90 Å². The summed E-state index contributed by atoms with van der Waals surface area (Å²) in [5.74, 6) is 0. The van der Waals surface area contributed by atoms with E-state index in [4.69, 9.17) is 4.74 Å². The maximum atomic E-state index is 12.4. The monoisotopic (exact) mass is 381 g/mol. The number of thiazole rings is 1. The second kappa shape index (κ2) is 7.92. The minimum absolute atomic E-state index is 0.211. The zero-order valence-corrected chi connectivity index (χ0v) is 16.1. The minimum Gasteiger partial charge on any atom is -0.379 e. The van der Waals surface area contributed by atoms with Gasteiger partial charge in [0.05, 0.1) is 30.3 Å². The Balaban J connectivity index is 1.60. The lowest BCUT2D eigenvalue weighted by atomic mass is 10.1. The van der Waals surface area contributed by atoms with Gasteiger partial charge in [0.15, 0.2) is 0 Å². The van der Waals surface area contributed by atoms with E-state index < -0.39 is 10.0 Å². The van der Waals surface area contributed by atoms with Crippen LogP contribution in [0.2, 0.25) is 0 Å². The summed E-state index contributed by atoms with van der Waals surface area (Å²) in [5.41, 5.74) is 3.02. The van der Waals surface area contributed by atoms with Crippen molar-refractivity contribution < 1.29 is 13.2 Å². The normalized spacial score (nSPS) is 16.2. The van der Waals surface area contributed by atoms with E-state index in [1.54, 1.807) is 12.1 Å². The quantitative estimate of drug-likeness (QED) is 0.829. The molecule has 0 aliphatic carbocycles. The van der Waals surface area contributed by atoms with Crippen LogP contribution in [0.3, 0.4) is 0 Å². The summed E-state index contributed by atoms with van der Waals surface area (Å²) >= 11 is 1.48. The Morgan fingerprint density at radius 1 is 1.24 bits per heavy atom. The SMILES string of the molecule is Cc1ccc(S(=O)(=O)NCc2nc(CN3CCOCC3)cs2)cc1C. The van der Waals surface area contributed by atoms with Crippen LogP contribution < -0.4 is 4.72 Å². The first-order valence-corrected chi connectivity index (χ1v) is 10.6. The Morgan fingerprint density at radius 2 is 2.00 bits per heavy atom. The smallest absolute Gasteiger partial charge is 0.240 e. The van der Waals surface area contributed by atoms with Crippen molar-refractivity contribution in [3.63, 3.8) is 0 Å². The maximum absolute atomic E-state index is 12.4. The fourth-order valence-electron chi connectivity index (χ4n) is 2.61. The van der Waals surface area contributed by atoms with E-state index in [9.17, 15) is 8.42 Å². The van der Waals surface area contributed by atoms with Crippen molar-refractivity contribution in [2.75, 3.05) is 26.3 Å². The number of nitrogens with one attached hydrogen (secondary N) is 1. The molecule has 0 unspecified atom stereocenters. The third-order valence-corrected chi connectivity index (χ3v) is 6.59. The van der Waals surface area contributed by atoms with E-state index in [-0.39, 0.29) is 6.54 Å². The first-order valence-electron chi connectivity index (χ1n) is 8.24. The zero-order chi connectivity index (χ0) is 17.9. The number of hydrogen-bond donors (Lipinski definition) is 1. The zero-order valence-electron chi connectivity index (χ0n) is 14.5. The average Bonchev–Trinajstić information content (AvgIpc) is 3.04. The van der Waals surface area contributed by atoms with E-state index >= 15 is 0 Å². The molecule has 8 heteroatoms. The van der Waals surface area contributed by atoms with Crippen molar-refractivity contribution in [1.82, 2.24) is 14.6 Å². The van der Waals surface area contributed by atoms with E-state index in [1.807, 2.05) is 25.3 Å². The lowest BCUT2D eigenvalue weighted by Crippen LogP contribution is -2.35. The van der Waals surface area contributed by atoms with Crippen molar-refractivity contribution >= 4 is 21.4 Å². The molecule has 25 heavy (non-hydrogen) atoms. The first-order chi connectivity index (χ1) is 11.9. The predicted octanol–water partition coefficient (Wildman–Crippen LogP) is 2.07. The van der Waals surface area contributed by atoms with Crippen LogP contribution in [0, 0.1) is 13.8 Å². The van der Waals surface area contributed by atoms with Gasteiger partial charge in [-0.05, 0) is 37.1 Å². The topological polar surface area (TPSA) is 71.5 Å². The molecule has 1 N–H and O–H groups in total. The van der Waals surface area contributed by atoms with Crippen molar-refractivity contribution in [3.05, 3.63) is 45.4 Å². The van der Waals surface area contributed by atoms with Crippen LogP contribution in [0.4, 0.5) is 0 Å². The van der Waals surface area contributed by atoms with Gasteiger partial charge >= 0.3 is 0 Å². The number of benzene rings is 1. The van der Waals surface area contributed by atoms with Gasteiger partial charge in [0.1, 0.15) is 5.01 Å². The van der Waals surface area contributed by atoms with Gasteiger partial charge in [0.2, 0.25) is 10.0 Å². The number of ether oxygens (including phenoxy) is 1. The fourth-order valence-corrected chi connectivity index (χ4v) is 4.50. The van der Waals surface area contributed by atoms with Crippen molar-refractivity contribution in [2.45, 2.75) is 31.8 Å². The van der Waals surface area contributed by atoms with E-state index in [2.05, 4.69) is 14.6 Å². The lowest BCUT2D eigenvalue weighted by molar-refractivity contribution is 0.0337. The molecular formula is C17H23N3O3S2. The first kappa shape index (κ1) is 18.5. The molecule has 6 nitrogen and oxygen atoms in total. The van der Waals surface area contributed by atoms with Crippen LogP contribution in [0.1, 0.15) is 21.8 Å².